The van der Waals surface area contributed by atoms with E-state index in [4.69, 9.17) is 0 Å². The Kier molecular flexibility index (Phi) is 4.58. The average molecular weight is 266 g/mol. The van der Waals surface area contributed by atoms with Crippen LogP contribution in [0.2, 0.25) is 0 Å². The Bertz CT molecular complexity index is 418. The molecule has 1 heterocycles. The summed E-state index contributed by atoms with van der Waals surface area (Å²) in [5.74, 6) is 1.81. The number of nitrogens with one attached hydrogen (secondary N) is 1. The molecule has 0 bridgehead atoms. The van der Waals surface area contributed by atoms with E-state index < -0.39 is 0 Å². The van der Waals surface area contributed by atoms with Crippen molar-refractivity contribution in [1.29, 1.82) is 0 Å². The molecule has 0 aromatic carbocycles. The molecule has 0 radical (unpaired) electrons. The second kappa shape index (κ2) is 6.01. The highest BCUT2D eigenvalue weighted by Crippen LogP contribution is 2.35. The van der Waals surface area contributed by atoms with Gasteiger partial charge in [-0.2, -0.15) is 5.10 Å². The Morgan fingerprint density at radius 3 is 2.84 bits per heavy atom. The van der Waals surface area contributed by atoms with Gasteiger partial charge in [-0.15, -0.1) is 0 Å². The summed E-state index contributed by atoms with van der Waals surface area (Å²) in [6, 6.07) is 0.353. The fourth-order valence-electron chi connectivity index (χ4n) is 3.17. The highest BCUT2D eigenvalue weighted by molar-refractivity contribution is 4.98. The van der Waals surface area contributed by atoms with Crippen LogP contribution in [0.1, 0.15) is 56.7 Å². The summed E-state index contributed by atoms with van der Waals surface area (Å²) in [7, 11) is 0. The minimum Gasteiger partial charge on any atom is -0.394 e. The van der Waals surface area contributed by atoms with Crippen molar-refractivity contribution < 1.29 is 5.11 Å². The van der Waals surface area contributed by atoms with Crippen LogP contribution in [0.5, 0.6) is 0 Å². The SMILES string of the molecule is CCCNC1(CO)CCCC(n2nc(C)nc2C)C1. The number of hydrogen-bond acceptors (Lipinski definition) is 4. The third-order valence-electron chi connectivity index (χ3n) is 4.13. The quantitative estimate of drug-likeness (QED) is 0.852. The van der Waals surface area contributed by atoms with Crippen molar-refractivity contribution in [2.75, 3.05) is 13.2 Å². The van der Waals surface area contributed by atoms with Gasteiger partial charge in [0.1, 0.15) is 11.6 Å². The number of hydrogen-bond donors (Lipinski definition) is 2. The molecule has 1 aliphatic carbocycles. The van der Waals surface area contributed by atoms with Crippen molar-refractivity contribution in [2.45, 2.75) is 64.5 Å². The van der Waals surface area contributed by atoms with Gasteiger partial charge in [0, 0.05) is 5.54 Å². The molecule has 19 heavy (non-hydrogen) atoms. The maximum Gasteiger partial charge on any atom is 0.147 e. The van der Waals surface area contributed by atoms with Gasteiger partial charge in [-0.1, -0.05) is 6.92 Å². The van der Waals surface area contributed by atoms with Gasteiger partial charge in [-0.25, -0.2) is 9.67 Å². The molecule has 1 fully saturated rings. The first-order chi connectivity index (χ1) is 9.10. The third kappa shape index (κ3) is 3.15. The number of aliphatic hydroxyl groups is 1. The topological polar surface area (TPSA) is 63.0 Å². The van der Waals surface area contributed by atoms with E-state index in [0.29, 0.717) is 6.04 Å². The molecule has 0 amide bonds. The molecule has 1 saturated carbocycles. The molecule has 0 spiro atoms. The second-order valence-corrected chi connectivity index (χ2v) is 5.77. The molecule has 108 valence electrons. The fraction of sp³-hybridized carbons (Fsp3) is 0.857. The monoisotopic (exact) mass is 266 g/mol. The van der Waals surface area contributed by atoms with Gasteiger partial charge in [0.25, 0.3) is 0 Å². The Hall–Kier alpha value is -0.940. The number of aryl methyl sites for hydroxylation is 2. The van der Waals surface area contributed by atoms with E-state index in [1.165, 1.54) is 0 Å². The molecule has 5 nitrogen and oxygen atoms in total. The lowest BCUT2D eigenvalue weighted by Crippen LogP contribution is -2.52. The van der Waals surface area contributed by atoms with Gasteiger partial charge in [-0.05, 0) is 52.5 Å². The Morgan fingerprint density at radius 2 is 2.26 bits per heavy atom. The van der Waals surface area contributed by atoms with Gasteiger partial charge in [-0.3, -0.25) is 0 Å². The predicted octanol–water partition coefficient (Wildman–Crippen LogP) is 1.74. The first kappa shape index (κ1) is 14.5. The minimum atomic E-state index is -0.134. The molecule has 1 aliphatic rings. The lowest BCUT2D eigenvalue weighted by atomic mass is 9.79. The first-order valence-corrected chi connectivity index (χ1v) is 7.36. The Morgan fingerprint density at radius 1 is 1.47 bits per heavy atom. The van der Waals surface area contributed by atoms with Gasteiger partial charge in [0.2, 0.25) is 0 Å². The lowest BCUT2D eigenvalue weighted by Gasteiger charge is -2.40. The van der Waals surface area contributed by atoms with Crippen LogP contribution in [-0.2, 0) is 0 Å². The van der Waals surface area contributed by atoms with Crippen LogP contribution in [0, 0.1) is 13.8 Å². The van der Waals surface area contributed by atoms with Gasteiger partial charge in [0.15, 0.2) is 0 Å². The van der Waals surface area contributed by atoms with Gasteiger partial charge in [0.05, 0.1) is 12.6 Å². The van der Waals surface area contributed by atoms with E-state index in [1.54, 1.807) is 0 Å². The van der Waals surface area contributed by atoms with Crippen LogP contribution in [0.4, 0.5) is 0 Å². The van der Waals surface area contributed by atoms with Gasteiger partial charge < -0.3 is 10.4 Å². The summed E-state index contributed by atoms with van der Waals surface area (Å²) < 4.78 is 2.05. The smallest absolute Gasteiger partial charge is 0.147 e. The van der Waals surface area contributed by atoms with Crippen LogP contribution in [0.25, 0.3) is 0 Å². The normalized spacial score (nSPS) is 27.7. The number of aromatic nitrogens is 3. The van der Waals surface area contributed by atoms with Crippen LogP contribution in [-0.4, -0.2) is 38.6 Å². The fourth-order valence-corrected chi connectivity index (χ4v) is 3.17. The maximum absolute atomic E-state index is 9.80. The first-order valence-electron chi connectivity index (χ1n) is 7.36. The van der Waals surface area contributed by atoms with Crippen molar-refractivity contribution in [2.24, 2.45) is 0 Å². The summed E-state index contributed by atoms with van der Waals surface area (Å²) in [6.07, 6.45) is 5.33. The molecule has 1 aromatic heterocycles. The van der Waals surface area contributed by atoms with Crippen LogP contribution in [0.3, 0.4) is 0 Å². The molecular weight excluding hydrogens is 240 g/mol. The zero-order valence-corrected chi connectivity index (χ0v) is 12.3. The van der Waals surface area contributed by atoms with E-state index in [9.17, 15) is 5.11 Å². The van der Waals surface area contributed by atoms with Crippen molar-refractivity contribution >= 4 is 0 Å². The zero-order valence-electron chi connectivity index (χ0n) is 12.3. The largest absolute Gasteiger partial charge is 0.394 e. The van der Waals surface area contributed by atoms with Crippen LogP contribution < -0.4 is 5.32 Å². The summed E-state index contributed by atoms with van der Waals surface area (Å²) in [5, 5.41) is 17.9. The zero-order chi connectivity index (χ0) is 13.9. The van der Waals surface area contributed by atoms with Crippen molar-refractivity contribution in [1.82, 2.24) is 20.1 Å². The summed E-state index contributed by atoms with van der Waals surface area (Å²) in [6.45, 7) is 7.26. The molecule has 2 atom stereocenters. The highest BCUT2D eigenvalue weighted by Gasteiger charge is 2.36. The van der Waals surface area contributed by atoms with E-state index >= 15 is 0 Å². The Balaban J connectivity index is 2.13. The molecule has 2 rings (SSSR count). The second-order valence-electron chi connectivity index (χ2n) is 5.77. The Labute approximate surface area is 115 Å². The minimum absolute atomic E-state index is 0.134. The number of nitrogens with zero attached hydrogens (tertiary/aromatic N) is 3. The number of rotatable bonds is 5. The van der Waals surface area contributed by atoms with Crippen LogP contribution in [0.15, 0.2) is 0 Å². The molecular formula is C14H26N4O. The van der Waals surface area contributed by atoms with Crippen molar-refractivity contribution in [3.05, 3.63) is 11.6 Å². The van der Waals surface area contributed by atoms with Crippen LogP contribution >= 0.6 is 0 Å². The molecule has 0 saturated heterocycles. The van der Waals surface area contributed by atoms with E-state index in [-0.39, 0.29) is 12.1 Å². The number of aliphatic hydroxyl groups excluding tert-OH is 1. The van der Waals surface area contributed by atoms with Gasteiger partial charge >= 0.3 is 0 Å². The average Bonchev–Trinajstić information content (AvgIpc) is 2.76. The standard InChI is InChI=1S/C14H26N4O/c1-4-8-15-14(10-19)7-5-6-13(9-14)18-12(3)16-11(2)17-18/h13,15,19H,4-10H2,1-3H3. The molecule has 1 aromatic rings. The molecule has 0 aliphatic heterocycles. The maximum atomic E-state index is 9.80. The third-order valence-corrected chi connectivity index (χ3v) is 4.13. The molecule has 2 unspecified atom stereocenters. The predicted molar refractivity (Wildman–Crippen MR) is 75.1 cm³/mol. The van der Waals surface area contributed by atoms with Crippen molar-refractivity contribution in [3.8, 4) is 0 Å². The van der Waals surface area contributed by atoms with E-state index in [1.807, 2.05) is 18.5 Å². The highest BCUT2D eigenvalue weighted by atomic mass is 16.3. The van der Waals surface area contributed by atoms with Crippen molar-refractivity contribution in [3.63, 3.8) is 0 Å². The molecule has 2 N–H and O–H groups in total. The lowest BCUT2D eigenvalue weighted by molar-refractivity contribution is 0.0939. The van der Waals surface area contributed by atoms with E-state index in [2.05, 4.69) is 22.3 Å². The summed E-state index contributed by atoms with van der Waals surface area (Å²) in [5.41, 5.74) is -0.134. The van der Waals surface area contributed by atoms with E-state index in [0.717, 1.165) is 50.3 Å². The molecule has 5 heteroatoms. The summed E-state index contributed by atoms with van der Waals surface area (Å²) in [4.78, 5) is 4.39. The summed E-state index contributed by atoms with van der Waals surface area (Å²) >= 11 is 0.